The largest absolute Gasteiger partial charge is 0.493 e. The van der Waals surface area contributed by atoms with Crippen molar-refractivity contribution in [3.63, 3.8) is 0 Å². The number of hydrogen-bond acceptors (Lipinski definition) is 4. The molecular weight excluding hydrogens is 270 g/mol. The number of rotatable bonds is 4. The first-order valence-electron chi connectivity index (χ1n) is 7.50. The molecule has 0 amide bonds. The molecule has 2 heterocycles. The van der Waals surface area contributed by atoms with E-state index in [9.17, 15) is 0 Å². The number of thioether (sulfide) groups is 1. The van der Waals surface area contributed by atoms with E-state index in [1.54, 1.807) is 7.11 Å². The molecular formula is C16H23NO2S. The van der Waals surface area contributed by atoms with Gasteiger partial charge in [0.2, 0.25) is 0 Å². The lowest BCUT2D eigenvalue weighted by molar-refractivity contribution is 0.217. The van der Waals surface area contributed by atoms with Gasteiger partial charge in [-0.2, -0.15) is 11.8 Å². The van der Waals surface area contributed by atoms with E-state index < -0.39 is 0 Å². The summed E-state index contributed by atoms with van der Waals surface area (Å²) in [4.78, 5) is 0. The third kappa shape index (κ3) is 3.07. The van der Waals surface area contributed by atoms with Crippen molar-refractivity contribution in [3.05, 3.63) is 23.8 Å². The second-order valence-corrected chi connectivity index (χ2v) is 6.68. The molecule has 4 heteroatoms. The molecule has 3 nitrogen and oxygen atoms in total. The van der Waals surface area contributed by atoms with Crippen molar-refractivity contribution in [3.8, 4) is 11.5 Å². The van der Waals surface area contributed by atoms with Crippen LogP contribution in [0.2, 0.25) is 0 Å². The zero-order chi connectivity index (χ0) is 13.8. The number of para-hydroxylation sites is 1. The molecule has 110 valence electrons. The highest BCUT2D eigenvalue weighted by molar-refractivity contribution is 7.99. The highest BCUT2D eigenvalue weighted by atomic mass is 32.2. The molecule has 0 spiro atoms. The van der Waals surface area contributed by atoms with Gasteiger partial charge in [-0.05, 0) is 37.6 Å². The van der Waals surface area contributed by atoms with Gasteiger partial charge >= 0.3 is 0 Å². The molecule has 2 atom stereocenters. The maximum absolute atomic E-state index is 6.16. The summed E-state index contributed by atoms with van der Waals surface area (Å²) in [5.74, 6) is 4.71. The summed E-state index contributed by atoms with van der Waals surface area (Å²) in [5.41, 5.74) is 1.29. The van der Waals surface area contributed by atoms with Crippen molar-refractivity contribution in [2.24, 2.45) is 0 Å². The minimum atomic E-state index is 0.341. The van der Waals surface area contributed by atoms with Crippen LogP contribution < -0.4 is 14.8 Å². The van der Waals surface area contributed by atoms with Gasteiger partial charge in [-0.3, -0.25) is 0 Å². The molecule has 2 fully saturated rings. The predicted molar refractivity (Wildman–Crippen MR) is 84.2 cm³/mol. The fraction of sp³-hybridized carbons (Fsp3) is 0.625. The summed E-state index contributed by atoms with van der Waals surface area (Å²) in [7, 11) is 1.76. The Kier molecular flexibility index (Phi) is 4.73. The third-order valence-electron chi connectivity index (χ3n) is 4.13. The Morgan fingerprint density at radius 1 is 1.30 bits per heavy atom. The summed E-state index contributed by atoms with van der Waals surface area (Å²) in [6.07, 6.45) is 3.95. The van der Waals surface area contributed by atoms with E-state index in [-0.39, 0.29) is 0 Å². The number of nitrogens with one attached hydrogen (secondary N) is 1. The number of hydrogen-bond donors (Lipinski definition) is 1. The van der Waals surface area contributed by atoms with E-state index in [0.717, 1.165) is 36.8 Å². The van der Waals surface area contributed by atoms with Crippen LogP contribution in [0.5, 0.6) is 11.5 Å². The Morgan fingerprint density at radius 2 is 2.25 bits per heavy atom. The van der Waals surface area contributed by atoms with Gasteiger partial charge in [0, 0.05) is 23.8 Å². The maximum atomic E-state index is 6.16. The lowest BCUT2D eigenvalue weighted by Crippen LogP contribution is -2.28. The van der Waals surface area contributed by atoms with Crippen LogP contribution in [0, 0.1) is 0 Å². The van der Waals surface area contributed by atoms with E-state index in [1.165, 1.54) is 24.2 Å². The van der Waals surface area contributed by atoms with E-state index in [4.69, 9.17) is 9.47 Å². The molecule has 2 saturated heterocycles. The molecule has 1 N–H and O–H groups in total. The Labute approximate surface area is 125 Å². The molecule has 1 aromatic carbocycles. The highest BCUT2D eigenvalue weighted by Gasteiger charge is 2.23. The Balaban J connectivity index is 1.82. The van der Waals surface area contributed by atoms with Crippen LogP contribution in [0.3, 0.4) is 0 Å². The minimum absolute atomic E-state index is 0.341. The fourth-order valence-corrected chi connectivity index (χ4v) is 4.16. The van der Waals surface area contributed by atoms with Crippen LogP contribution >= 0.6 is 11.8 Å². The average molecular weight is 293 g/mol. The van der Waals surface area contributed by atoms with Gasteiger partial charge in [-0.1, -0.05) is 12.1 Å². The second-order valence-electron chi connectivity index (χ2n) is 5.53. The lowest BCUT2D eigenvalue weighted by Gasteiger charge is -2.26. The van der Waals surface area contributed by atoms with Crippen LogP contribution in [0.25, 0.3) is 0 Å². The molecule has 3 rings (SSSR count). The third-order valence-corrected chi connectivity index (χ3v) is 5.26. The van der Waals surface area contributed by atoms with Crippen LogP contribution in [0.15, 0.2) is 18.2 Å². The first-order valence-corrected chi connectivity index (χ1v) is 8.66. The molecule has 0 bridgehead atoms. The van der Waals surface area contributed by atoms with E-state index in [2.05, 4.69) is 17.4 Å². The topological polar surface area (TPSA) is 30.5 Å². The molecule has 0 radical (unpaired) electrons. The van der Waals surface area contributed by atoms with Crippen molar-refractivity contribution >= 4 is 11.8 Å². The standard InChI is InChI=1S/C16H23NO2S/c1-18-16-14(12-4-3-8-17-10-12)5-2-6-15(16)19-13-7-9-20-11-13/h2,5-6,12-13,17H,3-4,7-11H2,1H3. The van der Waals surface area contributed by atoms with Gasteiger partial charge in [0.05, 0.1) is 7.11 Å². The van der Waals surface area contributed by atoms with E-state index in [0.29, 0.717) is 12.0 Å². The monoisotopic (exact) mass is 293 g/mol. The normalized spacial score (nSPS) is 26.4. The summed E-state index contributed by atoms with van der Waals surface area (Å²) >= 11 is 1.97. The van der Waals surface area contributed by atoms with Gasteiger partial charge in [0.25, 0.3) is 0 Å². The van der Waals surface area contributed by atoms with Crippen molar-refractivity contribution in [2.75, 3.05) is 31.7 Å². The number of methoxy groups -OCH3 is 1. The molecule has 0 aliphatic carbocycles. The zero-order valence-electron chi connectivity index (χ0n) is 12.1. The van der Waals surface area contributed by atoms with Crippen molar-refractivity contribution in [1.82, 2.24) is 5.32 Å². The van der Waals surface area contributed by atoms with Gasteiger partial charge in [-0.15, -0.1) is 0 Å². The SMILES string of the molecule is COc1c(OC2CCSC2)cccc1C1CCCNC1. The van der Waals surface area contributed by atoms with Crippen molar-refractivity contribution < 1.29 is 9.47 Å². The Morgan fingerprint density at radius 3 is 2.95 bits per heavy atom. The number of benzene rings is 1. The number of piperidine rings is 1. The Hall–Kier alpha value is -0.870. The molecule has 20 heavy (non-hydrogen) atoms. The van der Waals surface area contributed by atoms with Crippen LogP contribution in [-0.4, -0.2) is 37.8 Å². The molecule has 2 unspecified atom stereocenters. The average Bonchev–Trinajstić information content (AvgIpc) is 3.01. The first-order chi connectivity index (χ1) is 9.88. The van der Waals surface area contributed by atoms with Crippen LogP contribution in [0.4, 0.5) is 0 Å². The summed E-state index contributed by atoms with van der Waals surface area (Å²) in [6, 6.07) is 6.33. The molecule has 0 aromatic heterocycles. The van der Waals surface area contributed by atoms with E-state index >= 15 is 0 Å². The fourth-order valence-electron chi connectivity index (χ4n) is 3.07. The first kappa shape index (κ1) is 14.1. The summed E-state index contributed by atoms with van der Waals surface area (Å²) in [6.45, 7) is 2.17. The van der Waals surface area contributed by atoms with Crippen molar-refractivity contribution in [2.45, 2.75) is 31.3 Å². The van der Waals surface area contributed by atoms with Crippen LogP contribution in [-0.2, 0) is 0 Å². The van der Waals surface area contributed by atoms with Gasteiger partial charge < -0.3 is 14.8 Å². The van der Waals surface area contributed by atoms with Gasteiger partial charge in [-0.25, -0.2) is 0 Å². The van der Waals surface area contributed by atoms with Crippen LogP contribution in [0.1, 0.15) is 30.7 Å². The Bertz CT molecular complexity index is 440. The molecule has 2 aliphatic rings. The molecule has 0 saturated carbocycles. The van der Waals surface area contributed by atoms with Gasteiger partial charge in [0.1, 0.15) is 6.10 Å². The van der Waals surface area contributed by atoms with E-state index in [1.807, 2.05) is 17.8 Å². The summed E-state index contributed by atoms with van der Waals surface area (Å²) < 4.78 is 11.8. The lowest BCUT2D eigenvalue weighted by atomic mass is 9.91. The highest BCUT2D eigenvalue weighted by Crippen LogP contribution is 2.39. The predicted octanol–water partition coefficient (Wildman–Crippen LogP) is 3.05. The maximum Gasteiger partial charge on any atom is 0.164 e. The second kappa shape index (κ2) is 6.72. The van der Waals surface area contributed by atoms with Gasteiger partial charge in [0.15, 0.2) is 11.5 Å². The smallest absolute Gasteiger partial charge is 0.164 e. The molecule has 1 aromatic rings. The quantitative estimate of drug-likeness (QED) is 0.924. The van der Waals surface area contributed by atoms with Crippen molar-refractivity contribution in [1.29, 1.82) is 0 Å². The minimum Gasteiger partial charge on any atom is -0.493 e. The molecule has 2 aliphatic heterocycles. The number of ether oxygens (including phenoxy) is 2. The zero-order valence-corrected chi connectivity index (χ0v) is 12.9. The summed E-state index contributed by atoms with van der Waals surface area (Å²) in [5, 5.41) is 3.48.